The molecule has 24 heavy (non-hydrogen) atoms. The van der Waals surface area contributed by atoms with Crippen LogP contribution in [0, 0.1) is 34.6 Å². The second-order valence-electron chi connectivity index (χ2n) is 5.84. The van der Waals surface area contributed by atoms with Crippen LogP contribution in [0.4, 0.5) is 5.69 Å². The maximum Gasteiger partial charge on any atom is 0.340 e. The number of rotatable bonds is 4. The molecule has 0 fully saturated rings. The molecule has 0 saturated heterocycles. The van der Waals surface area contributed by atoms with Gasteiger partial charge in [0.05, 0.1) is 23.6 Å². The van der Waals surface area contributed by atoms with Gasteiger partial charge in [0.2, 0.25) is 0 Å². The standard InChI is InChI=1S/C18H23N3O3/c1-7-24-18(23)14-11(4)16(20-12(14)5)17(22)21-15-9(2)8-10(3)19-13(15)6/h8,20H,7H2,1-6H3,(H,21,22). The van der Waals surface area contributed by atoms with Crippen LogP contribution in [-0.2, 0) is 4.74 Å². The molecule has 0 atom stereocenters. The van der Waals surface area contributed by atoms with Crippen molar-refractivity contribution in [1.82, 2.24) is 9.97 Å². The van der Waals surface area contributed by atoms with Crippen molar-refractivity contribution in [3.05, 3.63) is 45.5 Å². The number of nitrogens with zero attached hydrogens (tertiary/aromatic N) is 1. The summed E-state index contributed by atoms with van der Waals surface area (Å²) in [5.74, 6) is -0.727. The molecule has 0 spiro atoms. The topological polar surface area (TPSA) is 84.1 Å². The molecule has 2 aromatic heterocycles. The zero-order valence-corrected chi connectivity index (χ0v) is 15.0. The Labute approximate surface area is 141 Å². The first kappa shape index (κ1) is 17.7. The van der Waals surface area contributed by atoms with Crippen molar-refractivity contribution >= 4 is 17.6 Å². The van der Waals surface area contributed by atoms with Gasteiger partial charge in [0.1, 0.15) is 5.69 Å². The fraction of sp³-hybridized carbons (Fsp3) is 0.389. The number of hydrogen-bond acceptors (Lipinski definition) is 4. The Morgan fingerprint density at radius 3 is 2.46 bits per heavy atom. The van der Waals surface area contributed by atoms with Crippen LogP contribution in [-0.4, -0.2) is 28.5 Å². The molecule has 128 valence electrons. The fourth-order valence-corrected chi connectivity index (χ4v) is 2.88. The maximum absolute atomic E-state index is 12.6. The number of nitrogens with one attached hydrogen (secondary N) is 2. The number of carbonyl (C=O) groups is 2. The van der Waals surface area contributed by atoms with Gasteiger partial charge in [-0.05, 0) is 58.7 Å². The molecule has 0 unspecified atom stereocenters. The number of ether oxygens (including phenoxy) is 1. The van der Waals surface area contributed by atoms with Crippen molar-refractivity contribution in [3.8, 4) is 0 Å². The van der Waals surface area contributed by atoms with Gasteiger partial charge in [-0.3, -0.25) is 9.78 Å². The maximum atomic E-state index is 12.6. The van der Waals surface area contributed by atoms with Crippen molar-refractivity contribution in [2.24, 2.45) is 0 Å². The Morgan fingerprint density at radius 1 is 1.21 bits per heavy atom. The predicted molar refractivity (Wildman–Crippen MR) is 92.6 cm³/mol. The number of esters is 1. The lowest BCUT2D eigenvalue weighted by molar-refractivity contribution is 0.0525. The molecular weight excluding hydrogens is 306 g/mol. The normalized spacial score (nSPS) is 10.6. The molecule has 1 amide bonds. The number of aromatic nitrogens is 2. The lowest BCUT2D eigenvalue weighted by Gasteiger charge is -2.12. The van der Waals surface area contributed by atoms with Gasteiger partial charge >= 0.3 is 5.97 Å². The number of hydrogen-bond donors (Lipinski definition) is 2. The Kier molecular flexibility index (Phi) is 5.07. The molecule has 0 bridgehead atoms. The largest absolute Gasteiger partial charge is 0.462 e. The average molecular weight is 329 g/mol. The van der Waals surface area contributed by atoms with Crippen LogP contribution in [0.5, 0.6) is 0 Å². The van der Waals surface area contributed by atoms with Crippen LogP contribution in [0.1, 0.15) is 56.0 Å². The molecular formula is C18H23N3O3. The van der Waals surface area contributed by atoms with Crippen LogP contribution in [0.25, 0.3) is 0 Å². The van der Waals surface area contributed by atoms with E-state index in [9.17, 15) is 9.59 Å². The van der Waals surface area contributed by atoms with Gasteiger partial charge in [-0.25, -0.2) is 4.79 Å². The van der Waals surface area contributed by atoms with E-state index < -0.39 is 5.97 Å². The molecule has 2 N–H and O–H groups in total. The first-order valence-electron chi connectivity index (χ1n) is 7.88. The molecule has 0 saturated carbocycles. The molecule has 0 aromatic carbocycles. The molecule has 0 aliphatic heterocycles. The van der Waals surface area contributed by atoms with Gasteiger partial charge in [-0.2, -0.15) is 0 Å². The summed E-state index contributed by atoms with van der Waals surface area (Å²) in [7, 11) is 0. The van der Waals surface area contributed by atoms with E-state index in [4.69, 9.17) is 4.74 Å². The average Bonchev–Trinajstić information content (AvgIpc) is 2.78. The van der Waals surface area contributed by atoms with Gasteiger partial charge in [0, 0.05) is 11.4 Å². The van der Waals surface area contributed by atoms with Crippen LogP contribution >= 0.6 is 0 Å². The summed E-state index contributed by atoms with van der Waals surface area (Å²) in [6.07, 6.45) is 0. The van der Waals surface area contributed by atoms with Crippen molar-refractivity contribution in [1.29, 1.82) is 0 Å². The quantitative estimate of drug-likeness (QED) is 0.842. The summed E-state index contributed by atoms with van der Waals surface area (Å²) in [6.45, 7) is 11.2. The van der Waals surface area contributed by atoms with Crippen molar-refractivity contribution in [2.75, 3.05) is 11.9 Å². The number of H-pyrrole nitrogens is 1. The van der Waals surface area contributed by atoms with Crippen molar-refractivity contribution < 1.29 is 14.3 Å². The third kappa shape index (κ3) is 3.32. The van der Waals surface area contributed by atoms with E-state index in [0.29, 0.717) is 28.2 Å². The van der Waals surface area contributed by atoms with E-state index in [1.807, 2.05) is 26.8 Å². The minimum absolute atomic E-state index is 0.290. The summed E-state index contributed by atoms with van der Waals surface area (Å²) in [5, 5.41) is 2.89. The Morgan fingerprint density at radius 2 is 1.88 bits per heavy atom. The van der Waals surface area contributed by atoms with Crippen LogP contribution in [0.2, 0.25) is 0 Å². The Hall–Kier alpha value is -2.63. The summed E-state index contributed by atoms with van der Waals surface area (Å²) < 4.78 is 5.05. The summed E-state index contributed by atoms with van der Waals surface area (Å²) >= 11 is 0. The van der Waals surface area contributed by atoms with E-state index in [-0.39, 0.29) is 12.5 Å². The number of amides is 1. The second-order valence-corrected chi connectivity index (χ2v) is 5.84. The molecule has 0 aliphatic rings. The molecule has 2 aromatic rings. The van der Waals surface area contributed by atoms with E-state index in [2.05, 4.69) is 15.3 Å². The third-order valence-electron chi connectivity index (χ3n) is 3.91. The van der Waals surface area contributed by atoms with Gasteiger partial charge in [0.15, 0.2) is 0 Å². The van der Waals surface area contributed by atoms with Gasteiger partial charge in [-0.1, -0.05) is 0 Å². The number of aromatic amines is 1. The monoisotopic (exact) mass is 329 g/mol. The summed E-state index contributed by atoms with van der Waals surface area (Å²) in [5.41, 5.74) is 5.26. The lowest BCUT2D eigenvalue weighted by atomic mass is 10.1. The van der Waals surface area contributed by atoms with Crippen LogP contribution in [0.3, 0.4) is 0 Å². The Balaban J connectivity index is 2.35. The SMILES string of the molecule is CCOC(=O)c1c(C)[nH]c(C(=O)Nc2c(C)cc(C)nc2C)c1C. The summed E-state index contributed by atoms with van der Waals surface area (Å²) in [6, 6.07) is 1.92. The number of anilines is 1. The summed E-state index contributed by atoms with van der Waals surface area (Å²) in [4.78, 5) is 32.1. The zero-order chi connectivity index (χ0) is 18.0. The highest BCUT2D eigenvalue weighted by atomic mass is 16.5. The molecule has 6 heteroatoms. The zero-order valence-electron chi connectivity index (χ0n) is 15.0. The van der Waals surface area contributed by atoms with E-state index >= 15 is 0 Å². The third-order valence-corrected chi connectivity index (χ3v) is 3.91. The van der Waals surface area contributed by atoms with Gasteiger partial charge < -0.3 is 15.0 Å². The Bertz CT molecular complexity index is 783. The lowest BCUT2D eigenvalue weighted by Crippen LogP contribution is -2.16. The van der Waals surface area contributed by atoms with Crippen LogP contribution in [0.15, 0.2) is 6.07 Å². The van der Waals surface area contributed by atoms with Crippen molar-refractivity contribution in [2.45, 2.75) is 41.5 Å². The first-order valence-corrected chi connectivity index (χ1v) is 7.88. The first-order chi connectivity index (χ1) is 11.3. The van der Waals surface area contributed by atoms with Gasteiger partial charge in [0.25, 0.3) is 5.91 Å². The fourth-order valence-electron chi connectivity index (χ4n) is 2.88. The van der Waals surface area contributed by atoms with E-state index in [1.165, 1.54) is 0 Å². The second kappa shape index (κ2) is 6.86. The highest BCUT2D eigenvalue weighted by Crippen LogP contribution is 2.23. The predicted octanol–water partition coefficient (Wildman–Crippen LogP) is 3.38. The number of pyridine rings is 1. The number of aryl methyl sites for hydroxylation is 4. The highest BCUT2D eigenvalue weighted by molar-refractivity contribution is 6.07. The highest BCUT2D eigenvalue weighted by Gasteiger charge is 2.23. The minimum Gasteiger partial charge on any atom is -0.462 e. The molecule has 6 nitrogen and oxygen atoms in total. The molecule has 2 rings (SSSR count). The minimum atomic E-state index is -0.424. The molecule has 0 radical (unpaired) electrons. The van der Waals surface area contributed by atoms with E-state index in [0.717, 1.165) is 17.0 Å². The van der Waals surface area contributed by atoms with E-state index in [1.54, 1.807) is 20.8 Å². The molecule has 2 heterocycles. The van der Waals surface area contributed by atoms with Gasteiger partial charge in [-0.15, -0.1) is 0 Å². The van der Waals surface area contributed by atoms with Crippen molar-refractivity contribution in [3.63, 3.8) is 0 Å². The molecule has 0 aliphatic carbocycles. The number of carbonyl (C=O) groups excluding carboxylic acids is 2. The smallest absolute Gasteiger partial charge is 0.340 e. The van der Waals surface area contributed by atoms with Crippen LogP contribution < -0.4 is 5.32 Å².